The van der Waals surface area contributed by atoms with Crippen molar-refractivity contribution in [2.24, 2.45) is 0 Å². The minimum absolute atomic E-state index is 0.202. The molecule has 3 N–H and O–H groups in total. The fraction of sp³-hybridized carbons (Fsp3) is 0.263. The number of aromatic amines is 1. The molecule has 26 heavy (non-hydrogen) atoms. The summed E-state index contributed by atoms with van der Waals surface area (Å²) in [6.07, 6.45) is 1.14. The van der Waals surface area contributed by atoms with E-state index in [2.05, 4.69) is 55.9 Å². The summed E-state index contributed by atoms with van der Waals surface area (Å²) < 4.78 is 1.66. The predicted molar refractivity (Wildman–Crippen MR) is 105 cm³/mol. The maximum atomic E-state index is 12.3. The lowest BCUT2D eigenvalue weighted by Gasteiger charge is -2.14. The van der Waals surface area contributed by atoms with Crippen LogP contribution in [0.2, 0.25) is 0 Å². The largest absolute Gasteiger partial charge is 0.348 e. The number of fused-ring (bicyclic) bond motifs is 3. The molecule has 7 heteroatoms. The zero-order chi connectivity index (χ0) is 17.5. The first-order valence-electron chi connectivity index (χ1n) is 8.79. The number of nitrogens with zero attached hydrogens (tertiary/aromatic N) is 2. The quantitative estimate of drug-likeness (QED) is 0.519. The van der Waals surface area contributed by atoms with Crippen LogP contribution in [0.5, 0.6) is 0 Å². The van der Waals surface area contributed by atoms with E-state index >= 15 is 0 Å². The van der Waals surface area contributed by atoms with E-state index in [1.165, 1.54) is 5.56 Å². The van der Waals surface area contributed by atoms with Crippen molar-refractivity contribution in [3.05, 3.63) is 57.1 Å². The van der Waals surface area contributed by atoms with Crippen LogP contribution in [-0.4, -0.2) is 33.7 Å². The normalized spacial score (nSPS) is 17.5. The number of hydrogen-bond donors (Lipinski definition) is 3. The molecule has 0 spiro atoms. The van der Waals surface area contributed by atoms with Crippen molar-refractivity contribution in [3.63, 3.8) is 0 Å². The van der Waals surface area contributed by atoms with Crippen LogP contribution in [-0.2, 0) is 6.54 Å². The Labute approximate surface area is 153 Å². The zero-order valence-corrected chi connectivity index (χ0v) is 15.0. The lowest BCUT2D eigenvalue weighted by atomic mass is 10.0. The molecule has 132 valence electrons. The monoisotopic (exact) mass is 365 g/mol. The summed E-state index contributed by atoms with van der Waals surface area (Å²) in [7, 11) is 0. The Hall–Kier alpha value is -2.48. The second-order valence-electron chi connectivity index (χ2n) is 6.71. The van der Waals surface area contributed by atoms with Gasteiger partial charge in [-0.15, -0.1) is 0 Å². The molecule has 0 aliphatic carbocycles. The minimum atomic E-state index is -0.202. The highest BCUT2D eigenvalue weighted by molar-refractivity contribution is 7.08. The molecule has 1 fully saturated rings. The zero-order valence-electron chi connectivity index (χ0n) is 14.2. The Kier molecular flexibility index (Phi) is 3.85. The predicted octanol–water partition coefficient (Wildman–Crippen LogP) is 2.36. The van der Waals surface area contributed by atoms with Crippen molar-refractivity contribution in [2.45, 2.75) is 19.0 Å². The molecule has 1 aliphatic heterocycles. The van der Waals surface area contributed by atoms with E-state index in [0.29, 0.717) is 11.7 Å². The van der Waals surface area contributed by atoms with Crippen molar-refractivity contribution >= 4 is 27.9 Å². The van der Waals surface area contributed by atoms with Crippen molar-refractivity contribution < 1.29 is 0 Å². The number of pyridine rings is 1. The molecule has 4 heterocycles. The number of nitrogens with one attached hydrogen (secondary N) is 3. The number of aromatic nitrogens is 3. The van der Waals surface area contributed by atoms with Gasteiger partial charge in [-0.3, -0.25) is 0 Å². The molecular formula is C19H19N5OS. The van der Waals surface area contributed by atoms with E-state index in [9.17, 15) is 4.79 Å². The summed E-state index contributed by atoms with van der Waals surface area (Å²) in [6, 6.07) is 10.9. The SMILES string of the molecule is O=c1[nH]nc2cc(CN[C@@H]3CCNC3)c3ccc(-c4ccsc4)cc3n12. The first-order valence-corrected chi connectivity index (χ1v) is 9.73. The van der Waals surface area contributed by atoms with Gasteiger partial charge in [-0.2, -0.15) is 16.4 Å². The third-order valence-electron chi connectivity index (χ3n) is 5.08. The van der Waals surface area contributed by atoms with Gasteiger partial charge in [-0.05, 0) is 58.6 Å². The van der Waals surface area contributed by atoms with E-state index in [1.807, 2.05) is 6.07 Å². The Bertz CT molecular complexity index is 1120. The molecular weight excluding hydrogens is 346 g/mol. The molecule has 3 aromatic heterocycles. The van der Waals surface area contributed by atoms with Crippen LogP contribution in [0.15, 0.2) is 45.9 Å². The Balaban J connectivity index is 1.65. The van der Waals surface area contributed by atoms with Crippen molar-refractivity contribution in [2.75, 3.05) is 13.1 Å². The van der Waals surface area contributed by atoms with Crippen LogP contribution in [0.1, 0.15) is 12.0 Å². The minimum Gasteiger partial charge on any atom is -0.315 e. The second kappa shape index (κ2) is 6.35. The molecule has 0 amide bonds. The number of benzene rings is 1. The average Bonchev–Trinajstić information content (AvgIpc) is 3.42. The first-order chi connectivity index (χ1) is 12.8. The van der Waals surface area contributed by atoms with Crippen LogP contribution >= 0.6 is 11.3 Å². The molecule has 0 unspecified atom stereocenters. The molecule has 4 aromatic rings. The van der Waals surface area contributed by atoms with Crippen LogP contribution < -0.4 is 16.3 Å². The molecule has 1 aliphatic rings. The van der Waals surface area contributed by atoms with Gasteiger partial charge in [0, 0.05) is 24.5 Å². The molecule has 1 aromatic carbocycles. The van der Waals surface area contributed by atoms with E-state index in [1.54, 1.807) is 15.7 Å². The van der Waals surface area contributed by atoms with Gasteiger partial charge in [0.2, 0.25) is 0 Å². The van der Waals surface area contributed by atoms with Crippen molar-refractivity contribution in [3.8, 4) is 11.1 Å². The highest BCUT2D eigenvalue weighted by Crippen LogP contribution is 2.28. The van der Waals surface area contributed by atoms with E-state index < -0.39 is 0 Å². The summed E-state index contributed by atoms with van der Waals surface area (Å²) in [6.45, 7) is 2.83. The van der Waals surface area contributed by atoms with E-state index in [0.717, 1.165) is 48.1 Å². The molecule has 0 bridgehead atoms. The summed E-state index contributed by atoms with van der Waals surface area (Å²) >= 11 is 1.67. The number of rotatable bonds is 4. The average molecular weight is 365 g/mol. The maximum Gasteiger partial charge on any atom is 0.348 e. The van der Waals surface area contributed by atoms with Crippen LogP contribution in [0, 0.1) is 0 Å². The number of thiophene rings is 1. The van der Waals surface area contributed by atoms with Gasteiger partial charge in [0.15, 0.2) is 5.65 Å². The van der Waals surface area contributed by atoms with Crippen LogP contribution in [0.4, 0.5) is 0 Å². The number of hydrogen-bond acceptors (Lipinski definition) is 5. The Morgan fingerprint density at radius 2 is 2.23 bits per heavy atom. The van der Waals surface area contributed by atoms with Crippen LogP contribution in [0.3, 0.4) is 0 Å². The van der Waals surface area contributed by atoms with Gasteiger partial charge >= 0.3 is 5.69 Å². The topological polar surface area (TPSA) is 74.2 Å². The number of H-pyrrole nitrogens is 1. The summed E-state index contributed by atoms with van der Waals surface area (Å²) in [5, 5.41) is 19.0. The summed E-state index contributed by atoms with van der Waals surface area (Å²) in [5.41, 5.74) is 4.79. The fourth-order valence-electron chi connectivity index (χ4n) is 3.70. The third kappa shape index (κ3) is 2.65. The Morgan fingerprint density at radius 1 is 1.27 bits per heavy atom. The molecule has 1 atom stereocenters. The van der Waals surface area contributed by atoms with E-state index in [4.69, 9.17) is 0 Å². The van der Waals surface area contributed by atoms with E-state index in [-0.39, 0.29) is 5.69 Å². The van der Waals surface area contributed by atoms with Crippen molar-refractivity contribution in [1.82, 2.24) is 25.2 Å². The van der Waals surface area contributed by atoms with Crippen molar-refractivity contribution in [1.29, 1.82) is 0 Å². The summed E-state index contributed by atoms with van der Waals surface area (Å²) in [5.74, 6) is 0. The van der Waals surface area contributed by atoms with Gasteiger partial charge in [-0.1, -0.05) is 12.1 Å². The Morgan fingerprint density at radius 3 is 3.04 bits per heavy atom. The van der Waals surface area contributed by atoms with Gasteiger partial charge in [0.1, 0.15) is 0 Å². The lowest BCUT2D eigenvalue weighted by molar-refractivity contribution is 0.549. The third-order valence-corrected chi connectivity index (χ3v) is 5.77. The fourth-order valence-corrected chi connectivity index (χ4v) is 4.36. The molecule has 6 nitrogen and oxygen atoms in total. The standard InChI is InChI=1S/C19H19N5OS/c25-19-23-22-18-8-14(9-21-15-3-5-20-10-15)16-2-1-12(7-17(16)24(18)19)13-4-6-26-11-13/h1-2,4,6-8,11,15,20-21H,3,5,9-10H2,(H,23,25)/t15-/m1/s1. The highest BCUT2D eigenvalue weighted by atomic mass is 32.1. The second-order valence-corrected chi connectivity index (χ2v) is 7.49. The highest BCUT2D eigenvalue weighted by Gasteiger charge is 2.16. The van der Waals surface area contributed by atoms with Crippen LogP contribution in [0.25, 0.3) is 27.7 Å². The first kappa shape index (κ1) is 15.7. The maximum absolute atomic E-state index is 12.3. The molecule has 5 rings (SSSR count). The van der Waals surface area contributed by atoms with Gasteiger partial charge in [0.25, 0.3) is 0 Å². The molecule has 0 radical (unpaired) electrons. The smallest absolute Gasteiger partial charge is 0.315 e. The van der Waals surface area contributed by atoms with Gasteiger partial charge < -0.3 is 10.6 Å². The van der Waals surface area contributed by atoms with Gasteiger partial charge in [-0.25, -0.2) is 14.3 Å². The lowest BCUT2D eigenvalue weighted by Crippen LogP contribution is -2.30. The summed E-state index contributed by atoms with van der Waals surface area (Å²) in [4.78, 5) is 12.3. The van der Waals surface area contributed by atoms with Gasteiger partial charge in [0.05, 0.1) is 5.52 Å². The molecule has 0 saturated carbocycles. The molecule has 1 saturated heterocycles.